The highest BCUT2D eigenvalue weighted by molar-refractivity contribution is 5.49. The molecule has 0 bridgehead atoms. The molecule has 0 aromatic carbocycles. The first-order valence-corrected chi connectivity index (χ1v) is 4.87. The third kappa shape index (κ3) is 3.40. The van der Waals surface area contributed by atoms with Crippen molar-refractivity contribution in [2.75, 3.05) is 26.1 Å². The van der Waals surface area contributed by atoms with Gasteiger partial charge in [-0.05, 0) is 26.0 Å². The lowest BCUT2D eigenvalue weighted by Gasteiger charge is -2.23. The number of nitrogens with zero attached hydrogens (tertiary/aromatic N) is 1. The maximum absolute atomic E-state index is 5.30. The Morgan fingerprint density at radius 2 is 2.13 bits per heavy atom. The van der Waals surface area contributed by atoms with Gasteiger partial charge < -0.3 is 14.8 Å². The molecule has 0 atom stereocenters. The van der Waals surface area contributed by atoms with Crippen LogP contribution in [-0.4, -0.2) is 31.3 Å². The van der Waals surface area contributed by atoms with E-state index in [1.807, 2.05) is 26.0 Å². The minimum atomic E-state index is -0.220. The average molecular weight is 210 g/mol. The predicted octanol–water partition coefficient (Wildman–Crippen LogP) is 1.93. The molecule has 0 spiro atoms. The second-order valence-corrected chi connectivity index (χ2v) is 3.87. The van der Waals surface area contributed by atoms with Gasteiger partial charge in [0.15, 0.2) is 11.6 Å². The van der Waals surface area contributed by atoms with Crippen molar-refractivity contribution in [3.05, 3.63) is 18.3 Å². The smallest absolute Gasteiger partial charge is 0.168 e. The summed E-state index contributed by atoms with van der Waals surface area (Å²) in [4.78, 5) is 4.20. The Balaban J connectivity index is 2.65. The van der Waals surface area contributed by atoms with Crippen LogP contribution in [0.1, 0.15) is 13.8 Å². The first kappa shape index (κ1) is 11.8. The highest BCUT2D eigenvalue weighted by Gasteiger charge is 2.16. The first-order valence-electron chi connectivity index (χ1n) is 4.87. The van der Waals surface area contributed by atoms with Gasteiger partial charge in [-0.2, -0.15) is 0 Å². The molecule has 1 aromatic heterocycles. The molecule has 0 aliphatic carbocycles. The SMILES string of the molecule is COc1cccnc1NCC(C)(C)OC. The quantitative estimate of drug-likeness (QED) is 0.806. The van der Waals surface area contributed by atoms with Crippen LogP contribution in [0.3, 0.4) is 0 Å². The number of pyridine rings is 1. The Kier molecular flexibility index (Phi) is 3.91. The molecular weight excluding hydrogens is 192 g/mol. The van der Waals surface area contributed by atoms with Crippen molar-refractivity contribution in [2.45, 2.75) is 19.4 Å². The average Bonchev–Trinajstić information content (AvgIpc) is 2.27. The largest absolute Gasteiger partial charge is 0.493 e. The number of aromatic nitrogens is 1. The van der Waals surface area contributed by atoms with E-state index in [1.165, 1.54) is 0 Å². The van der Waals surface area contributed by atoms with Crippen molar-refractivity contribution >= 4 is 5.82 Å². The molecule has 0 unspecified atom stereocenters. The summed E-state index contributed by atoms with van der Waals surface area (Å²) in [5, 5.41) is 3.19. The minimum absolute atomic E-state index is 0.220. The summed E-state index contributed by atoms with van der Waals surface area (Å²) in [6.07, 6.45) is 1.73. The van der Waals surface area contributed by atoms with Gasteiger partial charge in [0.1, 0.15) is 0 Å². The molecule has 4 nitrogen and oxygen atoms in total. The molecule has 4 heteroatoms. The number of hydrogen-bond acceptors (Lipinski definition) is 4. The molecule has 0 radical (unpaired) electrons. The van der Waals surface area contributed by atoms with Crippen molar-refractivity contribution < 1.29 is 9.47 Å². The number of anilines is 1. The molecule has 0 amide bonds. The van der Waals surface area contributed by atoms with E-state index in [9.17, 15) is 0 Å². The molecule has 0 saturated heterocycles. The van der Waals surface area contributed by atoms with Crippen molar-refractivity contribution in [3.8, 4) is 5.75 Å². The maximum Gasteiger partial charge on any atom is 0.168 e. The molecule has 0 saturated carbocycles. The third-order valence-corrected chi connectivity index (χ3v) is 2.22. The van der Waals surface area contributed by atoms with Crippen LogP contribution < -0.4 is 10.1 Å². The van der Waals surface area contributed by atoms with Crippen LogP contribution >= 0.6 is 0 Å². The molecule has 15 heavy (non-hydrogen) atoms. The van der Waals surface area contributed by atoms with Crippen molar-refractivity contribution in [3.63, 3.8) is 0 Å². The zero-order chi connectivity index (χ0) is 11.3. The van der Waals surface area contributed by atoms with E-state index in [0.717, 1.165) is 11.6 Å². The number of rotatable bonds is 5. The monoisotopic (exact) mass is 210 g/mol. The third-order valence-electron chi connectivity index (χ3n) is 2.22. The molecule has 84 valence electrons. The summed E-state index contributed by atoms with van der Waals surface area (Å²) in [7, 11) is 3.32. The fourth-order valence-electron chi connectivity index (χ4n) is 1.06. The van der Waals surface area contributed by atoms with E-state index in [0.29, 0.717) is 6.54 Å². The van der Waals surface area contributed by atoms with Crippen molar-refractivity contribution in [2.24, 2.45) is 0 Å². The van der Waals surface area contributed by atoms with Crippen LogP contribution in [0.15, 0.2) is 18.3 Å². The zero-order valence-corrected chi connectivity index (χ0v) is 9.70. The second kappa shape index (κ2) is 4.98. The highest BCUT2D eigenvalue weighted by Crippen LogP contribution is 2.21. The van der Waals surface area contributed by atoms with E-state index in [4.69, 9.17) is 9.47 Å². The highest BCUT2D eigenvalue weighted by atomic mass is 16.5. The fourth-order valence-corrected chi connectivity index (χ4v) is 1.06. The topological polar surface area (TPSA) is 43.4 Å². The molecule has 1 N–H and O–H groups in total. The summed E-state index contributed by atoms with van der Waals surface area (Å²) in [5.41, 5.74) is -0.220. The van der Waals surface area contributed by atoms with Gasteiger partial charge in [-0.1, -0.05) is 0 Å². The van der Waals surface area contributed by atoms with Gasteiger partial charge in [0.2, 0.25) is 0 Å². The maximum atomic E-state index is 5.30. The van der Waals surface area contributed by atoms with E-state index in [-0.39, 0.29) is 5.60 Å². The van der Waals surface area contributed by atoms with Gasteiger partial charge in [0.05, 0.1) is 12.7 Å². The minimum Gasteiger partial charge on any atom is -0.493 e. The molecule has 1 aromatic rings. The lowest BCUT2D eigenvalue weighted by molar-refractivity contribution is 0.0343. The van der Waals surface area contributed by atoms with Crippen LogP contribution in [-0.2, 0) is 4.74 Å². The summed E-state index contributed by atoms with van der Waals surface area (Å²) in [5.74, 6) is 1.48. The Hall–Kier alpha value is -1.29. The Morgan fingerprint density at radius 1 is 1.40 bits per heavy atom. The normalized spacial score (nSPS) is 11.2. The number of hydrogen-bond donors (Lipinski definition) is 1. The summed E-state index contributed by atoms with van der Waals surface area (Å²) in [6, 6.07) is 3.71. The fraction of sp³-hybridized carbons (Fsp3) is 0.545. The first-order chi connectivity index (χ1) is 7.09. The Morgan fingerprint density at radius 3 is 2.73 bits per heavy atom. The Bertz CT molecular complexity index is 313. The lowest BCUT2D eigenvalue weighted by atomic mass is 10.1. The van der Waals surface area contributed by atoms with Gasteiger partial charge >= 0.3 is 0 Å². The number of ether oxygens (including phenoxy) is 2. The molecule has 0 aliphatic heterocycles. The van der Waals surface area contributed by atoms with E-state index < -0.39 is 0 Å². The molecule has 1 rings (SSSR count). The van der Waals surface area contributed by atoms with Crippen LogP contribution in [0.25, 0.3) is 0 Å². The van der Waals surface area contributed by atoms with Gasteiger partial charge in [-0.25, -0.2) is 4.98 Å². The Labute approximate surface area is 90.6 Å². The zero-order valence-electron chi connectivity index (χ0n) is 9.70. The molecule has 0 aliphatic rings. The van der Waals surface area contributed by atoms with E-state index >= 15 is 0 Å². The molecule has 1 heterocycles. The van der Waals surface area contributed by atoms with Gasteiger partial charge in [-0.15, -0.1) is 0 Å². The van der Waals surface area contributed by atoms with Crippen LogP contribution in [0, 0.1) is 0 Å². The van der Waals surface area contributed by atoms with Crippen LogP contribution in [0.5, 0.6) is 5.75 Å². The standard InChI is InChI=1S/C11H18N2O2/c1-11(2,15-4)8-13-10-9(14-3)6-5-7-12-10/h5-7H,8H2,1-4H3,(H,12,13). The second-order valence-electron chi connectivity index (χ2n) is 3.87. The predicted molar refractivity (Wildman–Crippen MR) is 60.4 cm³/mol. The number of methoxy groups -OCH3 is 2. The van der Waals surface area contributed by atoms with Crippen LogP contribution in [0.2, 0.25) is 0 Å². The van der Waals surface area contributed by atoms with Crippen LogP contribution in [0.4, 0.5) is 5.82 Å². The van der Waals surface area contributed by atoms with Crippen molar-refractivity contribution in [1.82, 2.24) is 4.98 Å². The van der Waals surface area contributed by atoms with E-state index in [1.54, 1.807) is 20.4 Å². The van der Waals surface area contributed by atoms with Gasteiger partial charge in [0, 0.05) is 19.9 Å². The molecule has 0 fully saturated rings. The summed E-state index contributed by atoms with van der Waals surface area (Å²) < 4.78 is 10.5. The van der Waals surface area contributed by atoms with Gasteiger partial charge in [0.25, 0.3) is 0 Å². The molecular formula is C11H18N2O2. The van der Waals surface area contributed by atoms with Crippen molar-refractivity contribution in [1.29, 1.82) is 0 Å². The van der Waals surface area contributed by atoms with E-state index in [2.05, 4.69) is 10.3 Å². The summed E-state index contributed by atoms with van der Waals surface area (Å²) >= 11 is 0. The van der Waals surface area contributed by atoms with Gasteiger partial charge in [-0.3, -0.25) is 0 Å². The number of nitrogens with one attached hydrogen (secondary N) is 1. The summed E-state index contributed by atoms with van der Waals surface area (Å²) in [6.45, 7) is 4.70. The lowest BCUT2D eigenvalue weighted by Crippen LogP contribution is -2.32.